The molecule has 9 aliphatic rings. The largest absolute Gasteiger partial charge is 0.337 e. The quantitative estimate of drug-likeness (QED) is 0.224. The third-order valence-electron chi connectivity index (χ3n) is 15.0. The number of piperidine rings is 1. The van der Waals surface area contributed by atoms with Crippen LogP contribution in [-0.4, -0.2) is 181 Å². The van der Waals surface area contributed by atoms with Gasteiger partial charge in [-0.05, 0) is 102 Å². The number of hydrogen-bond donors (Lipinski definition) is 5. The van der Waals surface area contributed by atoms with Gasteiger partial charge in [-0.2, -0.15) is 0 Å². The molecular formula is C43H97N8+7. The van der Waals surface area contributed by atoms with Crippen molar-refractivity contribution in [3.63, 3.8) is 0 Å². The first kappa shape index (κ1) is 45.1. The predicted molar refractivity (Wildman–Crippen MR) is 219 cm³/mol. The van der Waals surface area contributed by atoms with E-state index in [0.29, 0.717) is 22.2 Å². The summed E-state index contributed by atoms with van der Waals surface area (Å²) in [5.41, 5.74) is 1.88. The Morgan fingerprint density at radius 3 is 1.04 bits per heavy atom. The molecule has 9 rings (SSSR count). The number of likely N-dealkylation sites (tertiary alicyclic amines) is 2. The van der Waals surface area contributed by atoms with Crippen LogP contribution in [0, 0.1) is 0 Å². The first-order valence-electron chi connectivity index (χ1n) is 22.1. The first-order chi connectivity index (χ1) is 23.5. The van der Waals surface area contributed by atoms with Crippen LogP contribution < -0.4 is 24.9 Å². The summed E-state index contributed by atoms with van der Waals surface area (Å²) in [4.78, 5) is 7.07. The number of rotatable bonds is 0. The van der Waals surface area contributed by atoms with Gasteiger partial charge in [0.15, 0.2) is 0 Å². The van der Waals surface area contributed by atoms with E-state index in [1.807, 2.05) is 4.90 Å². The molecule has 0 atom stereocenters. The molecule has 4 bridgehead atoms. The Balaban J connectivity index is 0.000000175. The van der Waals surface area contributed by atoms with E-state index >= 15 is 0 Å². The average Bonchev–Trinajstić information content (AvgIpc) is 3.57. The van der Waals surface area contributed by atoms with Crippen LogP contribution in [0.2, 0.25) is 0 Å². The fourth-order valence-electron chi connectivity index (χ4n) is 9.99. The zero-order chi connectivity index (χ0) is 38.2. The van der Waals surface area contributed by atoms with E-state index in [9.17, 15) is 0 Å². The minimum Gasteiger partial charge on any atom is -0.337 e. The van der Waals surface area contributed by atoms with Crippen LogP contribution in [0.4, 0.5) is 0 Å². The molecule has 0 amide bonds. The number of piperazine rings is 7. The second-order valence-corrected chi connectivity index (χ2v) is 22.4. The molecule has 0 radical (unpaired) electrons. The fraction of sp³-hybridized carbons (Fsp3) is 1.00. The monoisotopic (exact) mass is 726 g/mol. The van der Waals surface area contributed by atoms with Gasteiger partial charge in [-0.15, -0.1) is 0 Å². The Morgan fingerprint density at radius 1 is 0.412 bits per heavy atom. The third kappa shape index (κ3) is 13.4. The molecule has 9 saturated heterocycles. The second kappa shape index (κ2) is 18.5. The molecular weight excluding hydrogens is 629 g/mol. The summed E-state index contributed by atoms with van der Waals surface area (Å²) in [6.45, 7) is 55.8. The van der Waals surface area contributed by atoms with Gasteiger partial charge >= 0.3 is 0 Å². The normalized spacial score (nSPS) is 33.4. The van der Waals surface area contributed by atoms with E-state index in [-0.39, 0.29) is 0 Å². The van der Waals surface area contributed by atoms with Gasteiger partial charge in [-0.25, -0.2) is 0 Å². The minimum absolute atomic E-state index is 0.447. The van der Waals surface area contributed by atoms with Gasteiger partial charge in [0.25, 0.3) is 0 Å². The highest BCUT2D eigenvalue weighted by atomic mass is 15.5. The maximum Gasteiger partial charge on any atom is 0.129 e. The molecule has 302 valence electrons. The summed E-state index contributed by atoms with van der Waals surface area (Å²) in [5.74, 6) is 0. The topological polar surface area (TPSA) is 29.8 Å². The summed E-state index contributed by atoms with van der Waals surface area (Å²) in [6.07, 6.45) is 7.23. The van der Waals surface area contributed by atoms with Crippen LogP contribution in [-0.2, 0) is 0 Å². The van der Waals surface area contributed by atoms with Gasteiger partial charge in [0, 0.05) is 25.9 Å². The van der Waals surface area contributed by atoms with Crippen molar-refractivity contribution in [2.24, 2.45) is 0 Å². The van der Waals surface area contributed by atoms with Crippen molar-refractivity contribution in [2.75, 3.05) is 145 Å². The lowest BCUT2D eigenvalue weighted by molar-refractivity contribution is -1.09. The highest BCUT2D eigenvalue weighted by Crippen LogP contribution is 2.33. The van der Waals surface area contributed by atoms with Crippen molar-refractivity contribution < 1.29 is 33.0 Å². The molecule has 9 aliphatic heterocycles. The number of hydrogen-bond acceptors (Lipinski definition) is 1. The van der Waals surface area contributed by atoms with E-state index < -0.39 is 0 Å². The highest BCUT2D eigenvalue weighted by Gasteiger charge is 2.52. The predicted octanol–water partition coefficient (Wildman–Crippen LogP) is 0.0109. The number of nitrogens with one attached hydrogen (secondary N) is 5. The average molecular weight is 726 g/mol. The lowest BCUT2D eigenvalue weighted by atomic mass is 9.95. The third-order valence-corrected chi connectivity index (χ3v) is 15.0. The van der Waals surface area contributed by atoms with Crippen LogP contribution in [0.15, 0.2) is 0 Å². The lowest BCUT2D eigenvalue weighted by Crippen LogP contribution is -3.21. The number of quaternary nitrogens is 7. The van der Waals surface area contributed by atoms with E-state index in [4.69, 9.17) is 0 Å². The summed E-state index contributed by atoms with van der Waals surface area (Å²) >= 11 is 0. The summed E-state index contributed by atoms with van der Waals surface area (Å²) in [5, 5.41) is 3.37. The Hall–Kier alpha value is -0.320. The Morgan fingerprint density at radius 2 is 0.765 bits per heavy atom. The molecule has 51 heavy (non-hydrogen) atoms. The van der Waals surface area contributed by atoms with Gasteiger partial charge in [0.05, 0.1) is 75.5 Å². The van der Waals surface area contributed by atoms with Crippen molar-refractivity contribution in [2.45, 2.75) is 137 Å². The Labute approximate surface area is 320 Å². The molecule has 0 aromatic carbocycles. The molecule has 0 unspecified atom stereocenters. The van der Waals surface area contributed by atoms with Crippen molar-refractivity contribution in [3.05, 3.63) is 0 Å². The SMILES string of the molecule is CC(C)(C)[N+]12CC[N+](C)(CC1)CC2.CC(C)(C)[N+]12CC[NH+](CC1)CC2.CC(C)(C)[NH+]1CCCCC1.CC(C)(C)[NH+]1CCNCC1.C[NH+]1CCCC1. The Kier molecular flexibility index (Phi) is 16.4. The molecule has 9 heterocycles. The second-order valence-electron chi connectivity index (χ2n) is 22.4. The number of fused-ring (bicyclic) bond motifs is 6. The number of likely N-dealkylation sites (N-methyl/N-ethyl adjacent to an activating group) is 1. The standard InChI is InChI=1S/C11H24N2.C10H21N2.C9H19N.C8H18N2.C5H11N/c1-11(2,3)13-8-5-12(4,6-9-13)7-10-13;1-10(2,3)12-7-4-11(5-8-12)6-9-12;1-9(2,3)10-7-5-4-6-8-10;1-8(2,3)10-6-4-9-5-7-10;1-6-4-2-3-5-6/h5-10H2,1-4H3;4-9H2,1-3H3;4-8H2,1-3H3;9H,4-7H2,1-3H3;2-5H2,1H3/q+2;+1;;;/p+4. The summed E-state index contributed by atoms with van der Waals surface area (Å²) in [7, 11) is 4.68. The van der Waals surface area contributed by atoms with Gasteiger partial charge in [0.2, 0.25) is 0 Å². The van der Waals surface area contributed by atoms with Crippen molar-refractivity contribution in [3.8, 4) is 0 Å². The van der Waals surface area contributed by atoms with Crippen LogP contribution >= 0.6 is 0 Å². The summed E-state index contributed by atoms with van der Waals surface area (Å²) in [6, 6.07) is 0. The molecule has 0 aliphatic carbocycles. The van der Waals surface area contributed by atoms with E-state index in [2.05, 4.69) is 102 Å². The van der Waals surface area contributed by atoms with E-state index in [1.165, 1.54) is 176 Å². The zero-order valence-corrected chi connectivity index (χ0v) is 37.5. The molecule has 9 fully saturated rings. The highest BCUT2D eigenvalue weighted by molar-refractivity contribution is 4.71. The molecule has 8 nitrogen and oxygen atoms in total. The Bertz CT molecular complexity index is 907. The molecule has 0 aromatic heterocycles. The first-order valence-corrected chi connectivity index (χ1v) is 22.1. The number of nitrogens with zero attached hydrogens (tertiary/aromatic N) is 3. The van der Waals surface area contributed by atoms with Gasteiger partial charge in [-0.1, -0.05) is 0 Å². The van der Waals surface area contributed by atoms with Crippen molar-refractivity contribution >= 4 is 0 Å². The van der Waals surface area contributed by atoms with Crippen LogP contribution in [0.1, 0.15) is 115 Å². The zero-order valence-electron chi connectivity index (χ0n) is 37.5. The summed E-state index contributed by atoms with van der Waals surface area (Å²) < 4.78 is 4.10. The van der Waals surface area contributed by atoms with Crippen LogP contribution in [0.25, 0.3) is 0 Å². The van der Waals surface area contributed by atoms with E-state index in [1.54, 1.807) is 14.7 Å². The van der Waals surface area contributed by atoms with Crippen LogP contribution in [0.5, 0.6) is 0 Å². The smallest absolute Gasteiger partial charge is 0.129 e. The van der Waals surface area contributed by atoms with Crippen molar-refractivity contribution in [1.29, 1.82) is 0 Å². The molecule has 0 aromatic rings. The maximum atomic E-state index is 3.37. The van der Waals surface area contributed by atoms with E-state index in [0.717, 1.165) is 0 Å². The van der Waals surface area contributed by atoms with Crippen LogP contribution in [0.3, 0.4) is 0 Å². The van der Waals surface area contributed by atoms with Crippen molar-refractivity contribution in [1.82, 2.24) is 5.32 Å². The fourth-order valence-corrected chi connectivity index (χ4v) is 9.99. The minimum atomic E-state index is 0.447. The van der Waals surface area contributed by atoms with Gasteiger partial charge in [-0.3, -0.25) is 0 Å². The molecule has 0 spiro atoms. The molecule has 8 heteroatoms. The lowest BCUT2D eigenvalue weighted by Gasteiger charge is -2.59. The molecule has 0 saturated carbocycles. The van der Waals surface area contributed by atoms with Gasteiger partial charge < -0.3 is 38.4 Å². The van der Waals surface area contributed by atoms with Gasteiger partial charge in [0.1, 0.15) is 78.5 Å². The maximum absolute atomic E-state index is 3.37. The molecule has 5 N–H and O–H groups in total.